The van der Waals surface area contributed by atoms with Crippen molar-refractivity contribution in [1.82, 2.24) is 37.2 Å². The number of sulfonamides is 4. The van der Waals surface area contributed by atoms with Crippen LogP contribution in [0.15, 0.2) is 92.4 Å². The molecule has 7 aromatic rings. The lowest BCUT2D eigenvalue weighted by molar-refractivity contribution is 0.383. The van der Waals surface area contributed by atoms with E-state index in [4.69, 9.17) is 103 Å². The maximum Gasteiger partial charge on any atom is 0.244 e. The van der Waals surface area contributed by atoms with Gasteiger partial charge in [0, 0.05) is 119 Å². The lowest BCUT2D eigenvalue weighted by Crippen LogP contribution is -2.33. The van der Waals surface area contributed by atoms with Crippen LogP contribution < -0.4 is 0 Å². The largest absolute Gasteiger partial charge is 0.354 e. The molecule has 0 atom stereocenters. The molecule has 16 nitrogen and oxygen atoms in total. The van der Waals surface area contributed by atoms with Crippen LogP contribution in [0.25, 0.3) is 90.9 Å². The number of fused-ring (bicyclic) bond motifs is 8. The van der Waals surface area contributed by atoms with Gasteiger partial charge in [-0.05, 0) is 148 Å². The summed E-state index contributed by atoms with van der Waals surface area (Å²) < 4.78 is 134. The van der Waals surface area contributed by atoms with E-state index in [-0.39, 0.29) is 201 Å². The first kappa shape index (κ1) is 115. The van der Waals surface area contributed by atoms with Gasteiger partial charge in [-0.2, -0.15) is 17.2 Å². The van der Waals surface area contributed by atoms with Crippen molar-refractivity contribution in [2.45, 2.75) is 383 Å². The summed E-state index contributed by atoms with van der Waals surface area (Å²) in [5, 5.41) is -0.524. The van der Waals surface area contributed by atoms with E-state index in [1.54, 1.807) is 65.8 Å². The van der Waals surface area contributed by atoms with E-state index in [1.165, 1.54) is 48.5 Å². The van der Waals surface area contributed by atoms with Crippen LogP contribution in [0.3, 0.4) is 0 Å². The van der Waals surface area contributed by atoms with Gasteiger partial charge in [0.2, 0.25) is 40.1 Å². The molecule has 28 heteroatoms. The van der Waals surface area contributed by atoms with Crippen molar-refractivity contribution in [3.63, 3.8) is 0 Å². The second-order valence-corrected chi connectivity index (χ2v) is 48.0. The molecule has 4 aromatic carbocycles. The molecule has 136 heavy (non-hydrogen) atoms. The third-order valence-electron chi connectivity index (χ3n) is 26.5. The summed E-state index contributed by atoms with van der Waals surface area (Å²) in [5.74, 6) is 0. The second kappa shape index (κ2) is 59.6. The minimum atomic E-state index is -4.41. The number of benzene rings is 4. The van der Waals surface area contributed by atoms with E-state index in [2.05, 4.69) is 65.4 Å². The Morgan fingerprint density at radius 2 is 0.353 bits per heavy atom. The van der Waals surface area contributed by atoms with Gasteiger partial charge in [0.25, 0.3) is 0 Å². The first-order valence-corrected chi connectivity index (χ1v) is 60.5. The van der Waals surface area contributed by atoms with Gasteiger partial charge in [0.15, 0.2) is 0 Å². The molecule has 8 bridgehead atoms. The van der Waals surface area contributed by atoms with E-state index >= 15 is 33.7 Å². The third kappa shape index (κ3) is 31.7. The van der Waals surface area contributed by atoms with Gasteiger partial charge in [-0.1, -0.05) is 405 Å². The van der Waals surface area contributed by atoms with Gasteiger partial charge in [-0.15, -0.1) is 0 Å². The number of nitrogens with zero attached hydrogens (tertiary/aromatic N) is 6. The summed E-state index contributed by atoms with van der Waals surface area (Å²) >= 11 is 62.7. The van der Waals surface area contributed by atoms with Crippen LogP contribution in [0.5, 0.6) is 0 Å². The summed E-state index contributed by atoms with van der Waals surface area (Å²) in [6.45, 7) is 19.4. The number of H-pyrrole nitrogens is 2. The van der Waals surface area contributed by atoms with Crippen molar-refractivity contribution in [2.24, 2.45) is 0 Å². The van der Waals surface area contributed by atoms with Gasteiger partial charge in [0.05, 0.1) is 63.0 Å². The highest BCUT2D eigenvalue weighted by Crippen LogP contribution is 2.51. The first-order valence-electron chi connectivity index (χ1n) is 51.8. The molecule has 3 aromatic heterocycles. The van der Waals surface area contributed by atoms with Crippen LogP contribution in [0.2, 0.25) is 40.2 Å². The maximum atomic E-state index is 16.0. The maximum absolute atomic E-state index is 16.0. The molecule has 9 rings (SSSR count). The minimum absolute atomic E-state index is 0.0590. The molecule has 5 heterocycles. The van der Waals surface area contributed by atoms with Gasteiger partial charge < -0.3 is 9.97 Å². The van der Waals surface area contributed by atoms with Crippen molar-refractivity contribution in [3.8, 4) is 44.5 Å². The Hall–Kier alpha value is -4.56. The van der Waals surface area contributed by atoms with Gasteiger partial charge >= 0.3 is 0 Å². The van der Waals surface area contributed by atoms with Crippen molar-refractivity contribution in [1.29, 1.82) is 0 Å². The number of halogens is 8. The summed E-state index contributed by atoms with van der Waals surface area (Å²) in [5.41, 5.74) is 3.09. The molecule has 0 saturated carbocycles. The molecule has 2 aliphatic heterocycles. The summed E-state index contributed by atoms with van der Waals surface area (Å²) in [6.07, 6.45) is 52.0. The SMILES string of the molecule is CCCCCCCCN(CCCCCCCC)S(=O)(=O)c1ccc(Cl)c(-c2c3nc(c(-c4c(Cl)ccc(S(=O)(=O)N(CCCCCCCC)CCCCCCCC)c4Cl)c4ccc([nH]4)c(-c4c(Cl)ccc(S(=O)(=O)N(CCCCCCCC)CCCCCCCC)c4Cl)c4nc(c(-c5c(Cl)ccc(S(=O)(=O)N(CCCCCCCC)CCCCCCCC)c5Cl)c5ccc2[nH]5)C=C4)C=C3)c1Cl. The predicted octanol–water partition coefficient (Wildman–Crippen LogP) is 35.4. The standard InChI is InChI=1S/C108H154Cl8N8O8S4/c1-9-17-25-33-41-49-73-121(74-50-42-34-26-18-10-2)133(125,126)93-69-57-81(109)97(105(93)113)101-85-61-63-87(117-85)102(98-82(110)58-70-94(106(98)114)134(127,128)122(75-51-43-35-27-19-11-3)76-52-44-36-28-20-12-4)89-65-67-91(119-89)104(100-84(112)60-72-96(108(100)116)136(131,132)124(79-55-47-39-31-23-15-7)80-56-48-40-32-24-16-8)92-68-66-90(120-92)103(88-64-62-86(101)118-88)99-83(111)59-71-95(107(99)115)135(129,130)123(77-53-45-37-29-21-13-5)78-54-46-38-30-22-14-6/h57-72,117,120H,9-56,73-80H2,1-8H3. The monoisotopic (exact) mass is 2100 g/mol. The smallest absolute Gasteiger partial charge is 0.244 e. The van der Waals surface area contributed by atoms with Crippen LogP contribution in [-0.2, 0) is 40.1 Å². The number of hydrogen-bond donors (Lipinski definition) is 2. The van der Waals surface area contributed by atoms with Crippen LogP contribution in [-0.4, -0.2) is 123 Å². The minimum Gasteiger partial charge on any atom is -0.354 e. The van der Waals surface area contributed by atoms with E-state index in [0.29, 0.717) is 51.4 Å². The van der Waals surface area contributed by atoms with Crippen molar-refractivity contribution in [3.05, 3.63) is 136 Å². The fourth-order valence-electron chi connectivity index (χ4n) is 18.6. The summed E-state index contributed by atoms with van der Waals surface area (Å²) in [4.78, 5) is 17.9. The lowest BCUT2D eigenvalue weighted by Gasteiger charge is -2.24. The average Bonchev–Trinajstić information content (AvgIpc) is 1.53. The molecule has 0 saturated heterocycles. The molecule has 0 amide bonds. The molecule has 0 aliphatic carbocycles. The molecule has 0 unspecified atom stereocenters. The Morgan fingerprint density at radius 1 is 0.206 bits per heavy atom. The normalized spacial score (nSPS) is 12.7. The third-order valence-corrected chi connectivity index (χ3v) is 37.6. The lowest BCUT2D eigenvalue weighted by atomic mass is 10.0. The molecule has 0 spiro atoms. The molecule has 754 valence electrons. The van der Waals surface area contributed by atoms with Crippen molar-refractivity contribution in [2.75, 3.05) is 52.4 Å². The molecule has 2 N–H and O–H groups in total. The van der Waals surface area contributed by atoms with Gasteiger partial charge in [0.1, 0.15) is 19.6 Å². The number of rotatable bonds is 68. The number of nitrogens with one attached hydrogen (secondary N) is 2. The molecule has 2 aliphatic rings. The Labute approximate surface area is 858 Å². The highest BCUT2D eigenvalue weighted by molar-refractivity contribution is 7.90. The van der Waals surface area contributed by atoms with Gasteiger partial charge in [-0.25, -0.2) is 43.6 Å². The van der Waals surface area contributed by atoms with E-state index in [1.807, 2.05) is 0 Å². The molecule has 0 radical (unpaired) electrons. The average molecular weight is 2100 g/mol. The topological polar surface area (TPSA) is 207 Å². The zero-order valence-electron chi connectivity index (χ0n) is 82.4. The molecular weight excluding hydrogens is 1950 g/mol. The Kier molecular flexibility index (Phi) is 50.4. The quantitative estimate of drug-likeness (QED) is 0.0345. The second-order valence-electron chi connectivity index (χ2n) is 37.2. The number of aromatic amines is 2. The van der Waals surface area contributed by atoms with Gasteiger partial charge in [-0.3, -0.25) is 0 Å². The van der Waals surface area contributed by atoms with Crippen LogP contribution in [0.4, 0.5) is 0 Å². The van der Waals surface area contributed by atoms with E-state index < -0.39 is 40.1 Å². The van der Waals surface area contributed by atoms with Crippen LogP contribution in [0, 0.1) is 0 Å². The van der Waals surface area contributed by atoms with Crippen molar-refractivity contribution >= 4 is 179 Å². The molecule has 0 fully saturated rings. The zero-order chi connectivity index (χ0) is 98.2. The Morgan fingerprint density at radius 3 is 0.507 bits per heavy atom. The fourth-order valence-corrected chi connectivity index (χ4v) is 28.4. The van der Waals surface area contributed by atoms with Crippen LogP contribution >= 0.6 is 92.8 Å². The number of hydrogen-bond acceptors (Lipinski definition) is 10. The van der Waals surface area contributed by atoms with Crippen molar-refractivity contribution < 1.29 is 33.7 Å². The number of unbranched alkanes of at least 4 members (excludes halogenated alkanes) is 40. The van der Waals surface area contributed by atoms with E-state index in [0.717, 1.165) is 257 Å². The highest BCUT2D eigenvalue weighted by atomic mass is 35.5. The summed E-state index contributed by atoms with van der Waals surface area (Å²) in [7, 11) is -17.6. The van der Waals surface area contributed by atoms with E-state index in [9.17, 15) is 0 Å². The fraction of sp³-hybridized carbons (Fsp3) is 0.593. The Bertz CT molecular complexity index is 4950. The zero-order valence-corrected chi connectivity index (χ0v) is 91.8. The Balaban J connectivity index is 1.44. The molecular formula is C108H154Cl8N8O8S4. The first-order chi connectivity index (χ1) is 65.6. The highest BCUT2D eigenvalue weighted by Gasteiger charge is 2.37. The predicted molar refractivity (Wildman–Crippen MR) is 583 cm³/mol. The van der Waals surface area contributed by atoms with Crippen LogP contribution in [0.1, 0.15) is 386 Å². The number of aromatic nitrogens is 4. The summed E-state index contributed by atoms with van der Waals surface area (Å²) in [6, 6.07) is 19.1.